The van der Waals surface area contributed by atoms with Crippen LogP contribution in [-0.4, -0.2) is 0 Å². The summed E-state index contributed by atoms with van der Waals surface area (Å²) >= 11 is 0. The Morgan fingerprint density at radius 1 is 1.17 bits per heavy atom. The van der Waals surface area contributed by atoms with Crippen molar-refractivity contribution in [2.24, 2.45) is 5.73 Å². The van der Waals surface area contributed by atoms with Crippen molar-refractivity contribution >= 4 is 6.08 Å². The lowest BCUT2D eigenvalue weighted by atomic mass is 9.77. The minimum Gasteiger partial charge on any atom is -0.472 e. The maximum absolute atomic E-state index is 9.55. The molecule has 1 atom stereocenters. The molecular formula is C19H16N2O3. The van der Waals surface area contributed by atoms with Crippen LogP contribution in [0.5, 0.6) is 0 Å². The number of nitrogens with two attached hydrogens (primary N) is 1. The van der Waals surface area contributed by atoms with Crippen LogP contribution in [0.2, 0.25) is 0 Å². The van der Waals surface area contributed by atoms with Gasteiger partial charge in [0.25, 0.3) is 0 Å². The topological polar surface area (TPSA) is 85.3 Å². The van der Waals surface area contributed by atoms with Gasteiger partial charge in [-0.25, -0.2) is 0 Å². The predicted molar refractivity (Wildman–Crippen MR) is 86.9 cm³/mol. The summed E-state index contributed by atoms with van der Waals surface area (Å²) in [4.78, 5) is 0. The molecule has 4 rings (SSSR count). The fraction of sp³-hybridized carbons (Fsp3) is 0.211. The number of rotatable bonds is 2. The second-order valence-electron chi connectivity index (χ2n) is 5.92. The highest BCUT2D eigenvalue weighted by Gasteiger charge is 2.35. The Morgan fingerprint density at radius 2 is 2.00 bits per heavy atom. The molecule has 3 heterocycles. The van der Waals surface area contributed by atoms with E-state index in [0.717, 1.165) is 47.3 Å². The van der Waals surface area contributed by atoms with E-state index in [1.807, 2.05) is 12.1 Å². The Hall–Kier alpha value is -3.13. The Labute approximate surface area is 139 Å². The summed E-state index contributed by atoms with van der Waals surface area (Å²) in [5.74, 6) is 0.748. The lowest BCUT2D eigenvalue weighted by molar-refractivity contribution is 0.277. The van der Waals surface area contributed by atoms with Crippen LogP contribution in [0, 0.1) is 11.3 Å². The van der Waals surface area contributed by atoms with Gasteiger partial charge in [0.2, 0.25) is 5.88 Å². The molecule has 1 aliphatic heterocycles. The number of nitrogens with zero attached hydrogens (tertiary/aromatic N) is 1. The monoisotopic (exact) mass is 320 g/mol. The van der Waals surface area contributed by atoms with E-state index in [0.29, 0.717) is 5.57 Å². The van der Waals surface area contributed by atoms with Crippen LogP contribution in [-0.2, 0) is 4.74 Å². The second kappa shape index (κ2) is 5.82. The van der Waals surface area contributed by atoms with E-state index < -0.39 is 0 Å². The van der Waals surface area contributed by atoms with Gasteiger partial charge < -0.3 is 19.3 Å². The van der Waals surface area contributed by atoms with Crippen molar-refractivity contribution < 1.29 is 13.6 Å². The molecule has 24 heavy (non-hydrogen) atoms. The van der Waals surface area contributed by atoms with Crippen molar-refractivity contribution in [3.8, 4) is 6.07 Å². The predicted octanol–water partition coefficient (Wildman–Crippen LogP) is 4.20. The average molecular weight is 320 g/mol. The Kier molecular flexibility index (Phi) is 3.51. The minimum atomic E-state index is -0.203. The molecule has 0 saturated carbocycles. The summed E-state index contributed by atoms with van der Waals surface area (Å²) < 4.78 is 16.2. The Balaban J connectivity index is 1.84. The van der Waals surface area contributed by atoms with Crippen LogP contribution in [0.15, 0.2) is 74.4 Å². The van der Waals surface area contributed by atoms with E-state index in [9.17, 15) is 5.26 Å². The van der Waals surface area contributed by atoms with Crippen molar-refractivity contribution in [1.29, 1.82) is 5.26 Å². The smallest absolute Gasteiger partial charge is 0.205 e. The molecular weight excluding hydrogens is 304 g/mol. The largest absolute Gasteiger partial charge is 0.472 e. The maximum atomic E-state index is 9.55. The molecule has 0 saturated heterocycles. The van der Waals surface area contributed by atoms with Crippen LogP contribution in [0.3, 0.4) is 0 Å². The summed E-state index contributed by atoms with van der Waals surface area (Å²) in [5, 5.41) is 9.55. The van der Waals surface area contributed by atoms with Crippen molar-refractivity contribution in [2.45, 2.75) is 25.2 Å². The first kappa shape index (κ1) is 14.5. The summed E-state index contributed by atoms with van der Waals surface area (Å²) in [6.07, 6.45) is 11.4. The van der Waals surface area contributed by atoms with Crippen LogP contribution in [0.4, 0.5) is 0 Å². The molecule has 0 aromatic carbocycles. The normalized spacial score (nSPS) is 22.3. The quantitative estimate of drug-likeness (QED) is 0.896. The first-order valence-corrected chi connectivity index (χ1v) is 7.84. The molecule has 1 aliphatic carbocycles. The fourth-order valence-corrected chi connectivity index (χ4v) is 3.41. The van der Waals surface area contributed by atoms with Crippen LogP contribution in [0.25, 0.3) is 6.08 Å². The fourth-order valence-electron chi connectivity index (χ4n) is 3.41. The van der Waals surface area contributed by atoms with Gasteiger partial charge in [-0.05, 0) is 48.6 Å². The van der Waals surface area contributed by atoms with Crippen molar-refractivity contribution in [2.75, 3.05) is 0 Å². The molecule has 2 aliphatic rings. The first-order chi connectivity index (χ1) is 11.8. The zero-order valence-corrected chi connectivity index (χ0v) is 13.0. The molecule has 0 amide bonds. The SMILES string of the molecule is N#CC1=C(N)OC2=C(CCC/C2=C/c2ccoc2)[C@@H]1c1ccoc1. The van der Waals surface area contributed by atoms with Gasteiger partial charge in [-0.3, -0.25) is 0 Å². The molecule has 0 unspecified atom stereocenters. The van der Waals surface area contributed by atoms with E-state index >= 15 is 0 Å². The van der Waals surface area contributed by atoms with Gasteiger partial charge in [0, 0.05) is 11.1 Å². The first-order valence-electron chi connectivity index (χ1n) is 7.84. The zero-order chi connectivity index (χ0) is 16.5. The second-order valence-corrected chi connectivity index (χ2v) is 5.92. The number of ether oxygens (including phenoxy) is 1. The van der Waals surface area contributed by atoms with Crippen molar-refractivity contribution in [3.63, 3.8) is 0 Å². The van der Waals surface area contributed by atoms with Crippen LogP contribution in [0.1, 0.15) is 36.3 Å². The maximum Gasteiger partial charge on any atom is 0.205 e. The van der Waals surface area contributed by atoms with Gasteiger partial charge in [-0.2, -0.15) is 5.26 Å². The molecule has 0 bridgehead atoms. The van der Waals surface area contributed by atoms with Gasteiger partial charge in [-0.15, -0.1) is 0 Å². The van der Waals surface area contributed by atoms with E-state index in [1.165, 1.54) is 0 Å². The number of hydrogen-bond donors (Lipinski definition) is 1. The highest BCUT2D eigenvalue weighted by atomic mass is 16.5. The molecule has 0 fully saturated rings. The standard InChI is InChI=1S/C19H16N2O3/c20-9-16-17(14-5-7-23-11-14)15-3-1-2-13(18(15)24-19(16)21)8-12-4-6-22-10-12/h4-8,10-11,17H,1-3,21H2/b13-8-/t17-/m0/s1. The third kappa shape index (κ3) is 2.33. The van der Waals surface area contributed by atoms with Gasteiger partial charge >= 0.3 is 0 Å². The number of hydrogen-bond acceptors (Lipinski definition) is 5. The lowest BCUT2D eigenvalue weighted by Crippen LogP contribution is -2.23. The molecule has 120 valence electrons. The summed E-state index contributed by atoms with van der Waals surface area (Å²) in [7, 11) is 0. The molecule has 5 heteroatoms. The average Bonchev–Trinajstić information content (AvgIpc) is 3.28. The number of nitriles is 1. The van der Waals surface area contributed by atoms with Crippen molar-refractivity contribution in [1.82, 2.24) is 0 Å². The number of furan rings is 2. The van der Waals surface area contributed by atoms with E-state index in [-0.39, 0.29) is 11.8 Å². The zero-order valence-electron chi connectivity index (χ0n) is 13.0. The Bertz CT molecular complexity index is 878. The third-order valence-corrected chi connectivity index (χ3v) is 4.47. The van der Waals surface area contributed by atoms with Crippen LogP contribution >= 0.6 is 0 Å². The Morgan fingerprint density at radius 3 is 2.71 bits per heavy atom. The van der Waals surface area contributed by atoms with Crippen LogP contribution < -0.4 is 5.73 Å². The van der Waals surface area contributed by atoms with E-state index in [1.54, 1.807) is 25.1 Å². The summed E-state index contributed by atoms with van der Waals surface area (Å²) in [5.41, 5.74) is 10.6. The molecule has 2 N–H and O–H groups in total. The van der Waals surface area contributed by atoms with E-state index in [4.69, 9.17) is 19.3 Å². The molecule has 5 nitrogen and oxygen atoms in total. The molecule has 0 radical (unpaired) electrons. The number of allylic oxidation sites excluding steroid dienone is 3. The third-order valence-electron chi connectivity index (χ3n) is 4.47. The van der Waals surface area contributed by atoms with Gasteiger partial charge in [0.05, 0.1) is 31.0 Å². The van der Waals surface area contributed by atoms with Gasteiger partial charge in [0.1, 0.15) is 17.4 Å². The van der Waals surface area contributed by atoms with Gasteiger partial charge in [-0.1, -0.05) is 0 Å². The van der Waals surface area contributed by atoms with Gasteiger partial charge in [0.15, 0.2) is 0 Å². The molecule has 0 spiro atoms. The summed E-state index contributed by atoms with van der Waals surface area (Å²) in [6.45, 7) is 0. The lowest BCUT2D eigenvalue weighted by Gasteiger charge is -2.32. The highest BCUT2D eigenvalue weighted by molar-refractivity contribution is 5.61. The molecule has 2 aromatic heterocycles. The summed E-state index contributed by atoms with van der Waals surface area (Å²) in [6, 6.07) is 5.98. The molecule has 2 aromatic rings. The van der Waals surface area contributed by atoms with Crippen molar-refractivity contribution in [3.05, 3.63) is 76.7 Å². The highest BCUT2D eigenvalue weighted by Crippen LogP contribution is 2.46. The minimum absolute atomic E-state index is 0.169. The van der Waals surface area contributed by atoms with E-state index in [2.05, 4.69) is 12.1 Å².